The minimum Gasteiger partial charge on any atom is -0.269 e. The van der Waals surface area contributed by atoms with Gasteiger partial charge in [-0.15, -0.1) is 11.3 Å². The van der Waals surface area contributed by atoms with Gasteiger partial charge in [-0.05, 0) is 46.7 Å². The molecular weight excluding hydrogens is 462 g/mol. The Hall–Kier alpha value is -4.14. The molecule has 0 saturated heterocycles. The van der Waals surface area contributed by atoms with Crippen molar-refractivity contribution in [1.82, 2.24) is 14.7 Å². The first-order valence-electron chi connectivity index (χ1n) is 11.1. The van der Waals surface area contributed by atoms with E-state index in [1.165, 1.54) is 9.80 Å². The third-order valence-corrected chi connectivity index (χ3v) is 7.41. The van der Waals surface area contributed by atoms with Crippen LogP contribution in [0, 0.1) is 0 Å². The van der Waals surface area contributed by atoms with Crippen molar-refractivity contribution in [3.05, 3.63) is 106 Å². The van der Waals surface area contributed by atoms with Crippen molar-refractivity contribution in [2.45, 2.75) is 6.54 Å². The molecule has 3 aromatic carbocycles. The fraction of sp³-hybridized carbons (Fsp3) is 0.111. The van der Waals surface area contributed by atoms with Crippen LogP contribution in [0.1, 0.15) is 47.0 Å². The molecule has 0 radical (unpaired) electrons. The summed E-state index contributed by atoms with van der Waals surface area (Å²) < 4.78 is 1.11. The van der Waals surface area contributed by atoms with Crippen molar-refractivity contribution >= 4 is 45.1 Å². The molecule has 0 unspecified atom stereocenters. The minimum absolute atomic E-state index is 0.0517. The molecule has 4 amide bonds. The summed E-state index contributed by atoms with van der Waals surface area (Å²) in [7, 11) is 0. The SMILES string of the molecule is O=C1c2ccccc2C(=O)N1CN(Cc1csc2ccccc12)CN1C(=O)c2ccccc2C1=O. The molecule has 0 aliphatic carbocycles. The molecule has 0 N–H and O–H groups in total. The van der Waals surface area contributed by atoms with Crippen molar-refractivity contribution in [2.75, 3.05) is 13.3 Å². The Labute approximate surface area is 204 Å². The number of hydrogen-bond acceptors (Lipinski definition) is 6. The standard InChI is InChI=1S/C27H19N3O4S/c31-24-19-8-1-2-9-20(19)25(32)29(24)15-28(13-17-14-35-23-12-6-5-7-18(17)23)16-30-26(33)21-10-3-4-11-22(21)27(30)34/h1-12,14H,13,15-16H2. The van der Waals surface area contributed by atoms with E-state index in [0.717, 1.165) is 15.6 Å². The second-order valence-corrected chi connectivity index (χ2v) is 9.45. The maximum Gasteiger partial charge on any atom is 0.262 e. The fourth-order valence-corrected chi connectivity index (χ4v) is 5.63. The van der Waals surface area contributed by atoms with Crippen LogP contribution in [0.4, 0.5) is 0 Å². The summed E-state index contributed by atoms with van der Waals surface area (Å²) in [6, 6.07) is 21.4. The van der Waals surface area contributed by atoms with Crippen molar-refractivity contribution in [3.8, 4) is 0 Å². The van der Waals surface area contributed by atoms with Crippen LogP contribution in [0.15, 0.2) is 78.2 Å². The van der Waals surface area contributed by atoms with E-state index in [1.807, 2.05) is 29.6 Å². The minimum atomic E-state index is -0.381. The molecule has 0 spiro atoms. The average molecular weight is 482 g/mol. The van der Waals surface area contributed by atoms with Gasteiger partial charge in [-0.25, -0.2) is 0 Å². The van der Waals surface area contributed by atoms with Crippen LogP contribution in [0.2, 0.25) is 0 Å². The van der Waals surface area contributed by atoms with Crippen LogP contribution >= 0.6 is 11.3 Å². The van der Waals surface area contributed by atoms with E-state index < -0.39 is 0 Å². The maximum atomic E-state index is 13.0. The number of carbonyl (C=O) groups excluding carboxylic acids is 4. The molecule has 4 aromatic rings. The lowest BCUT2D eigenvalue weighted by Crippen LogP contribution is -2.47. The molecule has 6 rings (SSSR count). The van der Waals surface area contributed by atoms with Gasteiger partial charge in [0.25, 0.3) is 23.6 Å². The van der Waals surface area contributed by atoms with Crippen molar-refractivity contribution < 1.29 is 19.2 Å². The predicted molar refractivity (Wildman–Crippen MR) is 131 cm³/mol. The van der Waals surface area contributed by atoms with Crippen LogP contribution in [-0.2, 0) is 6.54 Å². The molecule has 2 aliphatic heterocycles. The van der Waals surface area contributed by atoms with Gasteiger partial charge < -0.3 is 0 Å². The highest BCUT2D eigenvalue weighted by molar-refractivity contribution is 7.17. The van der Waals surface area contributed by atoms with Crippen LogP contribution < -0.4 is 0 Å². The molecule has 1 aromatic heterocycles. The van der Waals surface area contributed by atoms with Gasteiger partial charge in [-0.3, -0.25) is 33.9 Å². The van der Waals surface area contributed by atoms with Crippen molar-refractivity contribution in [2.24, 2.45) is 0 Å². The number of fused-ring (bicyclic) bond motifs is 3. The first-order chi connectivity index (χ1) is 17.0. The number of amides is 4. The van der Waals surface area contributed by atoms with Gasteiger partial charge in [0, 0.05) is 11.2 Å². The number of rotatable bonds is 6. The van der Waals surface area contributed by atoms with Gasteiger partial charge >= 0.3 is 0 Å². The molecule has 3 heterocycles. The van der Waals surface area contributed by atoms with E-state index >= 15 is 0 Å². The van der Waals surface area contributed by atoms with E-state index in [1.54, 1.807) is 64.8 Å². The number of hydrogen-bond donors (Lipinski definition) is 0. The largest absolute Gasteiger partial charge is 0.269 e. The lowest BCUT2D eigenvalue weighted by Gasteiger charge is -2.29. The third-order valence-electron chi connectivity index (χ3n) is 6.39. The Balaban J connectivity index is 1.33. The van der Waals surface area contributed by atoms with E-state index in [-0.39, 0.29) is 37.0 Å². The summed E-state index contributed by atoms with van der Waals surface area (Å²) in [4.78, 5) is 56.3. The number of benzene rings is 3. The van der Waals surface area contributed by atoms with Gasteiger partial charge in [-0.1, -0.05) is 42.5 Å². The Morgan fingerprint density at radius 3 is 1.51 bits per heavy atom. The van der Waals surface area contributed by atoms with Crippen LogP contribution in [0.3, 0.4) is 0 Å². The first-order valence-corrected chi connectivity index (χ1v) is 12.0. The quantitative estimate of drug-likeness (QED) is 0.386. The monoisotopic (exact) mass is 481 g/mol. The van der Waals surface area contributed by atoms with Crippen LogP contribution in [0.25, 0.3) is 10.1 Å². The molecule has 2 aliphatic rings. The Kier molecular flexibility index (Phi) is 5.05. The fourth-order valence-electron chi connectivity index (χ4n) is 4.68. The summed E-state index contributed by atoms with van der Waals surface area (Å²) in [6.45, 7) is 0.249. The van der Waals surface area contributed by atoms with E-state index in [0.29, 0.717) is 28.8 Å². The highest BCUT2D eigenvalue weighted by Crippen LogP contribution is 2.29. The lowest BCUT2D eigenvalue weighted by atomic mass is 10.1. The summed E-state index contributed by atoms with van der Waals surface area (Å²) in [5.74, 6) is -1.53. The van der Waals surface area contributed by atoms with Crippen molar-refractivity contribution in [1.29, 1.82) is 0 Å². The zero-order chi connectivity index (χ0) is 24.1. The highest BCUT2D eigenvalue weighted by Gasteiger charge is 2.39. The topological polar surface area (TPSA) is 78.0 Å². The molecule has 0 fully saturated rings. The van der Waals surface area contributed by atoms with E-state index in [2.05, 4.69) is 0 Å². The molecule has 7 nitrogen and oxygen atoms in total. The van der Waals surface area contributed by atoms with Crippen molar-refractivity contribution in [3.63, 3.8) is 0 Å². The highest BCUT2D eigenvalue weighted by atomic mass is 32.1. The van der Waals surface area contributed by atoms with E-state index in [9.17, 15) is 19.2 Å². The van der Waals surface area contributed by atoms with Crippen LogP contribution in [-0.4, -0.2) is 51.7 Å². The molecule has 8 heteroatoms. The number of imide groups is 2. The van der Waals surface area contributed by atoms with Gasteiger partial charge in [0.2, 0.25) is 0 Å². The summed E-state index contributed by atoms with van der Waals surface area (Å²) in [5.41, 5.74) is 2.44. The lowest BCUT2D eigenvalue weighted by molar-refractivity contribution is 0.0381. The molecule has 0 saturated carbocycles. The number of carbonyl (C=O) groups is 4. The number of thiophene rings is 1. The normalized spacial score (nSPS) is 15.0. The zero-order valence-corrected chi connectivity index (χ0v) is 19.3. The molecule has 0 atom stereocenters. The maximum absolute atomic E-state index is 13.0. The van der Waals surface area contributed by atoms with Gasteiger partial charge in [0.05, 0.1) is 35.6 Å². The third kappa shape index (κ3) is 3.46. The summed E-state index contributed by atoms with van der Waals surface area (Å²) in [5, 5.41) is 3.09. The molecule has 0 bridgehead atoms. The second kappa shape index (κ2) is 8.26. The molecular formula is C27H19N3O4S. The Morgan fingerprint density at radius 1 is 0.600 bits per heavy atom. The first kappa shape index (κ1) is 21.4. The van der Waals surface area contributed by atoms with Gasteiger partial charge in [0.15, 0.2) is 0 Å². The Morgan fingerprint density at radius 2 is 1.03 bits per heavy atom. The summed E-state index contributed by atoms with van der Waals surface area (Å²) in [6.07, 6.45) is 0. The predicted octanol–water partition coefficient (Wildman–Crippen LogP) is 4.21. The molecule has 172 valence electrons. The van der Waals surface area contributed by atoms with Crippen LogP contribution in [0.5, 0.6) is 0 Å². The number of nitrogens with zero attached hydrogens (tertiary/aromatic N) is 3. The smallest absolute Gasteiger partial charge is 0.262 e. The average Bonchev–Trinajstić information content (AvgIpc) is 3.48. The zero-order valence-electron chi connectivity index (χ0n) is 18.5. The van der Waals surface area contributed by atoms with Gasteiger partial charge in [-0.2, -0.15) is 0 Å². The second-order valence-electron chi connectivity index (χ2n) is 8.54. The van der Waals surface area contributed by atoms with E-state index in [4.69, 9.17) is 0 Å². The summed E-state index contributed by atoms with van der Waals surface area (Å²) >= 11 is 1.60. The van der Waals surface area contributed by atoms with Gasteiger partial charge in [0.1, 0.15) is 0 Å². The Bertz CT molecular complexity index is 1390. The molecule has 35 heavy (non-hydrogen) atoms.